The number of aromatic amines is 1. The molecule has 1 aromatic heterocycles. The van der Waals surface area contributed by atoms with E-state index in [4.69, 9.17) is 5.11 Å². The molecule has 1 aromatic rings. The van der Waals surface area contributed by atoms with Gasteiger partial charge in [0.25, 0.3) is 0 Å². The molecule has 0 fully saturated rings. The summed E-state index contributed by atoms with van der Waals surface area (Å²) in [5.41, 5.74) is 1.13. The van der Waals surface area contributed by atoms with E-state index in [1.54, 1.807) is 18.9 Å². The van der Waals surface area contributed by atoms with Gasteiger partial charge in [-0.05, 0) is 18.1 Å². The molecule has 5 nitrogen and oxygen atoms in total. The van der Waals surface area contributed by atoms with E-state index in [0.29, 0.717) is 6.54 Å². The van der Waals surface area contributed by atoms with Crippen molar-refractivity contribution in [3.63, 3.8) is 0 Å². The highest BCUT2D eigenvalue weighted by Crippen LogP contribution is 2.07. The van der Waals surface area contributed by atoms with Crippen molar-refractivity contribution < 1.29 is 14.7 Å². The molecule has 0 aliphatic heterocycles. The van der Waals surface area contributed by atoms with Gasteiger partial charge in [-0.2, -0.15) is 0 Å². The zero-order chi connectivity index (χ0) is 12.8. The maximum atomic E-state index is 11.8. The number of carboxylic acids is 1. The topological polar surface area (TPSA) is 73.4 Å². The standard InChI is InChI=1S/C12H18N2O3/c1-9(7-11(15)16)12(17)14(2)6-4-10-3-5-13-8-10/h3,5,8-9,13H,4,6-7H2,1-2H3,(H,15,16). The largest absolute Gasteiger partial charge is 0.481 e. The molecular weight excluding hydrogens is 220 g/mol. The van der Waals surface area contributed by atoms with Crippen LogP contribution in [-0.2, 0) is 16.0 Å². The molecule has 1 heterocycles. The zero-order valence-corrected chi connectivity index (χ0v) is 10.1. The molecule has 0 aliphatic rings. The molecule has 1 amide bonds. The Balaban J connectivity index is 2.38. The molecule has 94 valence electrons. The summed E-state index contributed by atoms with van der Waals surface area (Å²) in [5, 5.41) is 8.62. The Labute approximate surface area is 100 Å². The normalized spacial score (nSPS) is 12.1. The third kappa shape index (κ3) is 4.30. The van der Waals surface area contributed by atoms with Crippen LogP contribution in [-0.4, -0.2) is 40.5 Å². The number of aromatic nitrogens is 1. The number of carbonyl (C=O) groups excluding carboxylic acids is 1. The van der Waals surface area contributed by atoms with Gasteiger partial charge < -0.3 is 15.0 Å². The monoisotopic (exact) mass is 238 g/mol. The number of hydrogen-bond donors (Lipinski definition) is 2. The van der Waals surface area contributed by atoms with Crippen LogP contribution in [0.15, 0.2) is 18.5 Å². The number of nitrogens with zero attached hydrogens (tertiary/aromatic N) is 1. The first-order valence-corrected chi connectivity index (χ1v) is 5.59. The number of amides is 1. The van der Waals surface area contributed by atoms with E-state index >= 15 is 0 Å². The van der Waals surface area contributed by atoms with Crippen LogP contribution in [0, 0.1) is 5.92 Å². The Morgan fingerprint density at radius 2 is 2.24 bits per heavy atom. The number of nitrogens with one attached hydrogen (secondary N) is 1. The molecule has 0 bridgehead atoms. The molecule has 0 saturated carbocycles. The molecular formula is C12H18N2O3. The lowest BCUT2D eigenvalue weighted by Crippen LogP contribution is -2.34. The molecule has 0 aromatic carbocycles. The van der Waals surface area contributed by atoms with Gasteiger partial charge >= 0.3 is 5.97 Å². The molecule has 1 rings (SSSR count). The van der Waals surface area contributed by atoms with Gasteiger partial charge in [-0.3, -0.25) is 9.59 Å². The second kappa shape index (κ2) is 6.08. The van der Waals surface area contributed by atoms with Gasteiger partial charge in [-0.25, -0.2) is 0 Å². The van der Waals surface area contributed by atoms with E-state index < -0.39 is 11.9 Å². The molecule has 0 spiro atoms. The fourth-order valence-electron chi connectivity index (χ4n) is 1.65. The van der Waals surface area contributed by atoms with E-state index in [-0.39, 0.29) is 12.3 Å². The number of hydrogen-bond acceptors (Lipinski definition) is 2. The van der Waals surface area contributed by atoms with Gasteiger partial charge in [-0.15, -0.1) is 0 Å². The summed E-state index contributed by atoms with van der Waals surface area (Å²) in [6, 6.07) is 1.96. The first kappa shape index (κ1) is 13.3. The number of carbonyl (C=O) groups is 2. The van der Waals surface area contributed by atoms with Crippen LogP contribution in [0.4, 0.5) is 0 Å². The summed E-state index contributed by atoms with van der Waals surface area (Å²) in [7, 11) is 1.70. The second-order valence-electron chi connectivity index (χ2n) is 4.23. The molecule has 2 N–H and O–H groups in total. The van der Waals surface area contributed by atoms with Crippen molar-refractivity contribution in [2.24, 2.45) is 5.92 Å². The predicted molar refractivity (Wildman–Crippen MR) is 63.6 cm³/mol. The Bertz CT molecular complexity index is 373. The summed E-state index contributed by atoms with van der Waals surface area (Å²) >= 11 is 0. The van der Waals surface area contributed by atoms with Crippen LogP contribution >= 0.6 is 0 Å². The highest BCUT2D eigenvalue weighted by Gasteiger charge is 2.19. The molecule has 17 heavy (non-hydrogen) atoms. The van der Waals surface area contributed by atoms with Gasteiger partial charge in [-0.1, -0.05) is 6.92 Å². The van der Waals surface area contributed by atoms with E-state index in [1.165, 1.54) is 0 Å². The van der Waals surface area contributed by atoms with Crippen LogP contribution in [0.2, 0.25) is 0 Å². The highest BCUT2D eigenvalue weighted by molar-refractivity contribution is 5.82. The van der Waals surface area contributed by atoms with E-state index in [0.717, 1.165) is 12.0 Å². The summed E-state index contributed by atoms with van der Waals surface area (Å²) in [6.45, 7) is 2.24. The summed E-state index contributed by atoms with van der Waals surface area (Å²) in [5.74, 6) is -1.53. The Morgan fingerprint density at radius 1 is 1.53 bits per heavy atom. The molecule has 0 radical (unpaired) electrons. The number of H-pyrrole nitrogens is 1. The highest BCUT2D eigenvalue weighted by atomic mass is 16.4. The number of carboxylic acid groups (broad SMARTS) is 1. The fourth-order valence-corrected chi connectivity index (χ4v) is 1.65. The molecule has 0 saturated heterocycles. The average molecular weight is 238 g/mol. The van der Waals surface area contributed by atoms with Crippen molar-refractivity contribution in [1.29, 1.82) is 0 Å². The maximum absolute atomic E-state index is 11.8. The summed E-state index contributed by atoms with van der Waals surface area (Å²) in [6.07, 6.45) is 4.38. The molecule has 1 atom stereocenters. The third-order valence-electron chi connectivity index (χ3n) is 2.68. The quantitative estimate of drug-likeness (QED) is 0.780. The molecule has 0 aliphatic carbocycles. The van der Waals surface area contributed by atoms with Gasteiger partial charge in [0.1, 0.15) is 0 Å². The number of rotatable bonds is 6. The predicted octanol–water partition coefficient (Wildman–Crippen LogP) is 1.13. The first-order valence-electron chi connectivity index (χ1n) is 5.59. The Hall–Kier alpha value is -1.78. The van der Waals surface area contributed by atoms with Crippen molar-refractivity contribution in [1.82, 2.24) is 9.88 Å². The lowest BCUT2D eigenvalue weighted by Gasteiger charge is -2.20. The van der Waals surface area contributed by atoms with Crippen molar-refractivity contribution in [2.75, 3.05) is 13.6 Å². The van der Waals surface area contributed by atoms with E-state index in [9.17, 15) is 9.59 Å². The number of aliphatic carboxylic acids is 1. The van der Waals surface area contributed by atoms with Crippen molar-refractivity contribution in [3.05, 3.63) is 24.0 Å². The van der Waals surface area contributed by atoms with Crippen molar-refractivity contribution in [2.45, 2.75) is 19.8 Å². The smallest absolute Gasteiger partial charge is 0.304 e. The minimum absolute atomic E-state index is 0.118. The van der Waals surface area contributed by atoms with Crippen LogP contribution in [0.5, 0.6) is 0 Å². The lowest BCUT2D eigenvalue weighted by atomic mass is 10.1. The summed E-state index contributed by atoms with van der Waals surface area (Å²) < 4.78 is 0. The van der Waals surface area contributed by atoms with Crippen LogP contribution in [0.25, 0.3) is 0 Å². The van der Waals surface area contributed by atoms with Gasteiger partial charge in [0.2, 0.25) is 5.91 Å². The van der Waals surface area contributed by atoms with Crippen LogP contribution < -0.4 is 0 Å². The van der Waals surface area contributed by atoms with Gasteiger partial charge in [0.05, 0.1) is 6.42 Å². The van der Waals surface area contributed by atoms with E-state index in [2.05, 4.69) is 4.98 Å². The first-order chi connectivity index (χ1) is 8.00. The maximum Gasteiger partial charge on any atom is 0.304 e. The zero-order valence-electron chi connectivity index (χ0n) is 10.1. The lowest BCUT2D eigenvalue weighted by molar-refractivity contribution is -0.143. The van der Waals surface area contributed by atoms with Gasteiger partial charge in [0.15, 0.2) is 0 Å². The minimum Gasteiger partial charge on any atom is -0.481 e. The average Bonchev–Trinajstić information content (AvgIpc) is 2.76. The van der Waals surface area contributed by atoms with Crippen molar-refractivity contribution >= 4 is 11.9 Å². The van der Waals surface area contributed by atoms with E-state index in [1.807, 2.05) is 18.5 Å². The minimum atomic E-state index is -0.940. The summed E-state index contributed by atoms with van der Waals surface area (Å²) in [4.78, 5) is 26.8. The van der Waals surface area contributed by atoms with Crippen molar-refractivity contribution in [3.8, 4) is 0 Å². The SMILES string of the molecule is CC(CC(=O)O)C(=O)N(C)CCc1cc[nH]c1. The molecule has 5 heteroatoms. The molecule has 1 unspecified atom stereocenters. The van der Waals surface area contributed by atoms with Crippen LogP contribution in [0.3, 0.4) is 0 Å². The van der Waals surface area contributed by atoms with Gasteiger partial charge in [0, 0.05) is 31.9 Å². The number of likely N-dealkylation sites (N-methyl/N-ethyl adjacent to an activating group) is 1. The Kier molecular flexibility index (Phi) is 4.75. The fraction of sp³-hybridized carbons (Fsp3) is 0.500. The van der Waals surface area contributed by atoms with Crippen LogP contribution in [0.1, 0.15) is 18.9 Å². The Morgan fingerprint density at radius 3 is 2.76 bits per heavy atom. The second-order valence-corrected chi connectivity index (χ2v) is 4.23. The third-order valence-corrected chi connectivity index (χ3v) is 2.68.